The van der Waals surface area contributed by atoms with Crippen LogP contribution >= 0.6 is 11.8 Å². The Morgan fingerprint density at radius 1 is 0.941 bits per heavy atom. The van der Waals surface area contributed by atoms with Crippen molar-refractivity contribution >= 4 is 20.6 Å². The second kappa shape index (κ2) is 11.5. The zero-order chi connectivity index (χ0) is 13.0. The molecule has 6 heteroatoms. The molecule has 0 aliphatic rings. The van der Waals surface area contributed by atoms with Gasteiger partial charge in [-0.25, -0.2) is 0 Å². The van der Waals surface area contributed by atoms with Gasteiger partial charge in [0, 0.05) is 38.2 Å². The number of thioether (sulfide) groups is 1. The minimum Gasteiger partial charge on any atom is -0.374 e. The van der Waals surface area contributed by atoms with Crippen LogP contribution < -0.4 is 5.73 Å². The molecular weight excluding hydrogens is 254 g/mol. The molecule has 17 heavy (non-hydrogen) atoms. The summed E-state index contributed by atoms with van der Waals surface area (Å²) in [6, 6.07) is 0.903. The van der Waals surface area contributed by atoms with Crippen LogP contribution in [0.2, 0.25) is 6.04 Å². The highest BCUT2D eigenvalue weighted by Crippen LogP contribution is 2.19. The second-order valence-electron chi connectivity index (χ2n) is 3.49. The summed E-state index contributed by atoms with van der Waals surface area (Å²) in [5, 5.41) is 0. The first kappa shape index (κ1) is 17.4. The van der Waals surface area contributed by atoms with E-state index in [1.165, 1.54) is 0 Å². The Labute approximate surface area is 111 Å². The Kier molecular flexibility index (Phi) is 11.8. The van der Waals surface area contributed by atoms with Crippen LogP contribution in [0.4, 0.5) is 0 Å². The lowest BCUT2D eigenvalue weighted by molar-refractivity contribution is 0.0712. The molecule has 0 unspecified atom stereocenters. The Hall–Kier alpha value is 0.407. The fourth-order valence-electron chi connectivity index (χ4n) is 1.58. The van der Waals surface area contributed by atoms with Crippen LogP contribution in [0.1, 0.15) is 27.2 Å². The molecule has 0 aromatic carbocycles. The Morgan fingerprint density at radius 3 is 1.88 bits per heavy atom. The van der Waals surface area contributed by atoms with Gasteiger partial charge in [-0.05, 0) is 32.9 Å². The average Bonchev–Trinajstić information content (AvgIpc) is 2.30. The summed E-state index contributed by atoms with van der Waals surface area (Å²) in [6.07, 6.45) is 1.07. The van der Waals surface area contributed by atoms with E-state index in [2.05, 4.69) is 0 Å². The van der Waals surface area contributed by atoms with Gasteiger partial charge in [0.15, 0.2) is 0 Å². The maximum absolute atomic E-state index is 5.78. The molecule has 0 rings (SSSR count). The molecule has 0 atom stereocenters. The van der Waals surface area contributed by atoms with E-state index in [1.54, 1.807) is 0 Å². The summed E-state index contributed by atoms with van der Waals surface area (Å²) in [5.74, 6) is 2.12. The van der Waals surface area contributed by atoms with Gasteiger partial charge in [0.25, 0.3) is 0 Å². The number of rotatable bonds is 12. The molecule has 2 N–H and O–H groups in total. The predicted molar refractivity (Wildman–Crippen MR) is 76.4 cm³/mol. The van der Waals surface area contributed by atoms with Crippen molar-refractivity contribution < 1.29 is 13.3 Å². The number of nitrogens with two attached hydrogens (primary N) is 1. The van der Waals surface area contributed by atoms with Crippen molar-refractivity contribution in [1.29, 1.82) is 0 Å². The van der Waals surface area contributed by atoms with Crippen molar-refractivity contribution in [3.63, 3.8) is 0 Å². The van der Waals surface area contributed by atoms with Crippen LogP contribution in [0.3, 0.4) is 0 Å². The van der Waals surface area contributed by atoms with E-state index in [-0.39, 0.29) is 0 Å². The molecule has 0 radical (unpaired) electrons. The largest absolute Gasteiger partial charge is 0.500 e. The van der Waals surface area contributed by atoms with E-state index in [9.17, 15) is 0 Å². The van der Waals surface area contributed by atoms with Gasteiger partial charge in [0.1, 0.15) is 0 Å². The fraction of sp³-hybridized carbons (Fsp3) is 1.00. The first-order chi connectivity index (χ1) is 8.24. The van der Waals surface area contributed by atoms with E-state index in [0.29, 0.717) is 19.8 Å². The van der Waals surface area contributed by atoms with Gasteiger partial charge in [-0.15, -0.1) is 0 Å². The molecule has 0 aliphatic carbocycles. The number of hydrogen-bond acceptors (Lipinski definition) is 5. The molecule has 0 spiro atoms. The van der Waals surface area contributed by atoms with Gasteiger partial charge < -0.3 is 19.0 Å². The zero-order valence-electron chi connectivity index (χ0n) is 11.4. The Morgan fingerprint density at radius 2 is 1.47 bits per heavy atom. The molecule has 0 bridgehead atoms. The second-order valence-corrected chi connectivity index (χ2v) is 7.44. The summed E-state index contributed by atoms with van der Waals surface area (Å²) in [5.41, 5.74) is 5.45. The smallest absolute Gasteiger partial charge is 0.374 e. The van der Waals surface area contributed by atoms with Crippen LogP contribution in [0.15, 0.2) is 0 Å². The van der Waals surface area contributed by atoms with Gasteiger partial charge in [0.2, 0.25) is 0 Å². The third kappa shape index (κ3) is 8.18. The van der Waals surface area contributed by atoms with E-state index in [4.69, 9.17) is 19.0 Å². The zero-order valence-corrected chi connectivity index (χ0v) is 13.2. The molecule has 0 amide bonds. The third-order valence-electron chi connectivity index (χ3n) is 2.13. The lowest BCUT2D eigenvalue weighted by Crippen LogP contribution is -2.46. The quantitative estimate of drug-likeness (QED) is 0.439. The van der Waals surface area contributed by atoms with Gasteiger partial charge in [-0.3, -0.25) is 0 Å². The summed E-state index contributed by atoms with van der Waals surface area (Å²) >= 11 is 1.88. The first-order valence-corrected chi connectivity index (χ1v) is 9.53. The van der Waals surface area contributed by atoms with Crippen LogP contribution in [0.5, 0.6) is 0 Å². The maximum Gasteiger partial charge on any atom is 0.500 e. The highest BCUT2D eigenvalue weighted by atomic mass is 32.2. The van der Waals surface area contributed by atoms with E-state index in [0.717, 1.165) is 30.5 Å². The van der Waals surface area contributed by atoms with Gasteiger partial charge >= 0.3 is 8.80 Å². The van der Waals surface area contributed by atoms with Crippen molar-refractivity contribution in [3.8, 4) is 0 Å². The highest BCUT2D eigenvalue weighted by molar-refractivity contribution is 7.99. The molecule has 0 fully saturated rings. The van der Waals surface area contributed by atoms with Crippen molar-refractivity contribution in [2.75, 3.05) is 37.9 Å². The summed E-state index contributed by atoms with van der Waals surface area (Å²) in [4.78, 5) is 0. The van der Waals surface area contributed by atoms with Crippen LogP contribution in [-0.4, -0.2) is 46.7 Å². The van der Waals surface area contributed by atoms with E-state index < -0.39 is 8.80 Å². The molecule has 0 saturated heterocycles. The lowest BCUT2D eigenvalue weighted by atomic mass is 10.6. The third-order valence-corrected chi connectivity index (χ3v) is 6.38. The topological polar surface area (TPSA) is 53.7 Å². The van der Waals surface area contributed by atoms with Gasteiger partial charge in [-0.1, -0.05) is 0 Å². The molecule has 0 heterocycles. The van der Waals surface area contributed by atoms with E-state index >= 15 is 0 Å². The predicted octanol–water partition coefficient (Wildman–Crippen LogP) is 2.12. The first-order valence-electron chi connectivity index (χ1n) is 6.44. The monoisotopic (exact) mass is 281 g/mol. The van der Waals surface area contributed by atoms with Crippen molar-refractivity contribution in [1.82, 2.24) is 0 Å². The van der Waals surface area contributed by atoms with E-state index in [1.807, 2.05) is 32.5 Å². The molecule has 0 saturated carbocycles. The SMILES string of the molecule is CCO[Si](CCCSCCN)(OCC)OCC. The molecule has 4 nitrogen and oxygen atoms in total. The van der Waals surface area contributed by atoms with Gasteiger partial charge in [0.05, 0.1) is 0 Å². The highest BCUT2D eigenvalue weighted by Gasteiger charge is 2.39. The Bertz CT molecular complexity index is 158. The molecular formula is C11H27NO3SSi. The Balaban J connectivity index is 4.05. The summed E-state index contributed by atoms with van der Waals surface area (Å²) in [7, 11) is -2.40. The van der Waals surface area contributed by atoms with Crippen LogP contribution in [-0.2, 0) is 13.3 Å². The molecule has 0 aromatic rings. The lowest BCUT2D eigenvalue weighted by Gasteiger charge is -2.28. The van der Waals surface area contributed by atoms with Crippen molar-refractivity contribution in [2.24, 2.45) is 5.73 Å². The fourth-order valence-corrected chi connectivity index (χ4v) is 5.17. The van der Waals surface area contributed by atoms with Crippen LogP contribution in [0.25, 0.3) is 0 Å². The normalized spacial score (nSPS) is 12.0. The summed E-state index contributed by atoms with van der Waals surface area (Å²) in [6.45, 7) is 8.68. The minimum absolute atomic E-state index is 0.655. The van der Waals surface area contributed by atoms with Crippen molar-refractivity contribution in [2.45, 2.75) is 33.2 Å². The average molecular weight is 281 g/mol. The minimum atomic E-state index is -2.40. The van der Waals surface area contributed by atoms with Gasteiger partial charge in [-0.2, -0.15) is 11.8 Å². The van der Waals surface area contributed by atoms with Crippen molar-refractivity contribution in [3.05, 3.63) is 0 Å². The standard InChI is InChI=1S/C11H27NO3SSi/c1-4-13-17(14-5-2,15-6-3)11-7-9-16-10-8-12/h4-12H2,1-3H3. The number of hydrogen-bond donors (Lipinski definition) is 1. The molecule has 104 valence electrons. The van der Waals surface area contributed by atoms with Crippen LogP contribution in [0, 0.1) is 0 Å². The maximum atomic E-state index is 5.78. The summed E-state index contributed by atoms with van der Waals surface area (Å²) < 4.78 is 17.3. The molecule has 0 aromatic heterocycles. The molecule has 0 aliphatic heterocycles.